The molecule has 39 heavy (non-hydrogen) atoms. The quantitative estimate of drug-likeness (QED) is 0.229. The van der Waals surface area contributed by atoms with Crippen molar-refractivity contribution in [3.8, 4) is 22.3 Å². The lowest BCUT2D eigenvalue weighted by atomic mass is 9.97. The molecular weight excluding hydrogens is 470 g/mol. The van der Waals surface area contributed by atoms with Crippen molar-refractivity contribution in [3.63, 3.8) is 0 Å². The van der Waals surface area contributed by atoms with E-state index < -0.39 is 0 Å². The molecule has 0 aromatic heterocycles. The Kier molecular flexibility index (Phi) is 5.88. The summed E-state index contributed by atoms with van der Waals surface area (Å²) in [7, 11) is 0. The highest BCUT2D eigenvalue weighted by Gasteiger charge is 2.17. The summed E-state index contributed by atoms with van der Waals surface area (Å²) in [6.07, 6.45) is 0. The molecule has 0 heterocycles. The zero-order valence-corrected chi connectivity index (χ0v) is 21.5. The summed E-state index contributed by atoms with van der Waals surface area (Å²) < 4.78 is 0. The Morgan fingerprint density at radius 3 is 1.62 bits per heavy atom. The Labute approximate surface area is 229 Å². The first-order chi connectivity index (χ1) is 19.3. The third kappa shape index (κ3) is 4.35. The molecule has 7 aromatic rings. The van der Waals surface area contributed by atoms with Crippen molar-refractivity contribution >= 4 is 38.6 Å². The second-order valence-electron chi connectivity index (χ2n) is 9.83. The number of hydrogen-bond donors (Lipinski definition) is 0. The van der Waals surface area contributed by atoms with Crippen LogP contribution in [0, 0.1) is 0 Å². The second kappa shape index (κ2) is 9.96. The van der Waals surface area contributed by atoms with Gasteiger partial charge in [0.25, 0.3) is 0 Å². The van der Waals surface area contributed by atoms with Crippen LogP contribution in [0.4, 0.5) is 17.1 Å². The van der Waals surface area contributed by atoms with Gasteiger partial charge in [-0.2, -0.15) is 0 Å². The number of benzene rings is 7. The van der Waals surface area contributed by atoms with Crippen molar-refractivity contribution in [1.82, 2.24) is 0 Å². The molecule has 7 aromatic carbocycles. The zero-order chi connectivity index (χ0) is 26.0. The summed E-state index contributed by atoms with van der Waals surface area (Å²) in [5.74, 6) is 0. The molecule has 0 radical (unpaired) electrons. The Morgan fingerprint density at radius 1 is 0.333 bits per heavy atom. The molecule has 0 atom stereocenters. The van der Waals surface area contributed by atoms with E-state index in [1.807, 2.05) is 0 Å². The van der Waals surface area contributed by atoms with Gasteiger partial charge in [0.2, 0.25) is 0 Å². The molecule has 0 aliphatic carbocycles. The van der Waals surface area contributed by atoms with E-state index >= 15 is 0 Å². The minimum atomic E-state index is 1.13. The van der Waals surface area contributed by atoms with Crippen LogP contribution in [0.2, 0.25) is 0 Å². The molecular formula is C38H27N. The molecule has 1 heteroatoms. The van der Waals surface area contributed by atoms with Gasteiger partial charge in [-0.15, -0.1) is 0 Å². The first-order valence-corrected chi connectivity index (χ1v) is 13.4. The van der Waals surface area contributed by atoms with E-state index in [-0.39, 0.29) is 0 Å². The van der Waals surface area contributed by atoms with E-state index in [0.29, 0.717) is 0 Å². The van der Waals surface area contributed by atoms with Gasteiger partial charge in [-0.05, 0) is 68.7 Å². The lowest BCUT2D eigenvalue weighted by molar-refractivity contribution is 1.30. The van der Waals surface area contributed by atoms with E-state index in [0.717, 1.165) is 17.1 Å². The Bertz CT molecular complexity index is 1910. The first kappa shape index (κ1) is 23.0. The summed E-state index contributed by atoms with van der Waals surface area (Å²) >= 11 is 0. The largest absolute Gasteiger partial charge is 0.310 e. The normalized spacial score (nSPS) is 11.1. The molecule has 0 aliphatic heterocycles. The van der Waals surface area contributed by atoms with Crippen LogP contribution in [-0.4, -0.2) is 0 Å². The van der Waals surface area contributed by atoms with E-state index in [4.69, 9.17) is 0 Å². The molecule has 0 fully saturated rings. The van der Waals surface area contributed by atoms with E-state index in [9.17, 15) is 0 Å². The molecule has 184 valence electrons. The Morgan fingerprint density at radius 2 is 0.846 bits per heavy atom. The standard InChI is InChI=1S/C38H27N/c1-2-12-28(13-3-1)31-18-8-20-33(26-31)39(38-25-11-17-30-15-5-7-23-37(30)38)34-21-9-19-32(27-34)36-24-10-16-29-14-4-6-22-35(29)36/h1-27H. The van der Waals surface area contributed by atoms with Crippen molar-refractivity contribution in [1.29, 1.82) is 0 Å². The van der Waals surface area contributed by atoms with Crippen LogP contribution in [0.25, 0.3) is 43.8 Å². The molecule has 0 saturated heterocycles. The maximum Gasteiger partial charge on any atom is 0.0540 e. The molecule has 0 bridgehead atoms. The SMILES string of the molecule is c1ccc(-c2cccc(N(c3cccc(-c4cccc5ccccc45)c3)c3cccc4ccccc34)c2)cc1. The van der Waals surface area contributed by atoms with Crippen molar-refractivity contribution in [2.45, 2.75) is 0 Å². The topological polar surface area (TPSA) is 3.24 Å². The van der Waals surface area contributed by atoms with Gasteiger partial charge in [0.1, 0.15) is 0 Å². The third-order valence-corrected chi connectivity index (χ3v) is 7.42. The summed E-state index contributed by atoms with van der Waals surface area (Å²) in [6.45, 7) is 0. The van der Waals surface area contributed by atoms with Gasteiger partial charge in [0.05, 0.1) is 5.69 Å². The van der Waals surface area contributed by atoms with Crippen molar-refractivity contribution in [2.75, 3.05) is 4.90 Å². The molecule has 0 saturated carbocycles. The van der Waals surface area contributed by atoms with Crippen LogP contribution in [0.3, 0.4) is 0 Å². The maximum atomic E-state index is 2.39. The summed E-state index contributed by atoms with van der Waals surface area (Å²) in [5, 5.41) is 4.96. The van der Waals surface area contributed by atoms with Gasteiger partial charge in [-0.1, -0.05) is 133 Å². The lowest BCUT2D eigenvalue weighted by Gasteiger charge is -2.28. The molecule has 0 amide bonds. The van der Waals surface area contributed by atoms with E-state index in [2.05, 4.69) is 169 Å². The Hall–Kier alpha value is -5.14. The number of anilines is 3. The Balaban J connectivity index is 1.45. The number of nitrogens with zero attached hydrogens (tertiary/aromatic N) is 1. The van der Waals surface area contributed by atoms with Crippen LogP contribution < -0.4 is 4.90 Å². The van der Waals surface area contributed by atoms with Gasteiger partial charge in [0, 0.05) is 16.8 Å². The number of fused-ring (bicyclic) bond motifs is 2. The molecule has 0 N–H and O–H groups in total. The third-order valence-electron chi connectivity index (χ3n) is 7.42. The molecule has 1 nitrogen and oxygen atoms in total. The van der Waals surface area contributed by atoms with Crippen LogP contribution in [-0.2, 0) is 0 Å². The highest BCUT2D eigenvalue weighted by Crippen LogP contribution is 2.41. The molecule has 0 aliphatic rings. The summed E-state index contributed by atoms with van der Waals surface area (Å²) in [4.78, 5) is 2.39. The highest BCUT2D eigenvalue weighted by atomic mass is 15.1. The molecule has 0 unspecified atom stereocenters. The van der Waals surface area contributed by atoms with Crippen molar-refractivity contribution in [2.24, 2.45) is 0 Å². The van der Waals surface area contributed by atoms with E-state index in [1.165, 1.54) is 43.8 Å². The summed E-state index contributed by atoms with van der Waals surface area (Å²) in [6, 6.07) is 58.7. The van der Waals surface area contributed by atoms with Crippen LogP contribution in [0.1, 0.15) is 0 Å². The van der Waals surface area contributed by atoms with Gasteiger partial charge in [0.15, 0.2) is 0 Å². The molecule has 7 rings (SSSR count). The lowest BCUT2D eigenvalue weighted by Crippen LogP contribution is -2.10. The van der Waals surface area contributed by atoms with Crippen molar-refractivity contribution < 1.29 is 0 Å². The smallest absolute Gasteiger partial charge is 0.0540 e. The maximum absolute atomic E-state index is 2.39. The fourth-order valence-corrected chi connectivity index (χ4v) is 5.58. The number of rotatable bonds is 5. The van der Waals surface area contributed by atoms with Crippen LogP contribution >= 0.6 is 0 Å². The predicted octanol–water partition coefficient (Wildman–Crippen LogP) is 10.8. The monoisotopic (exact) mass is 497 g/mol. The first-order valence-electron chi connectivity index (χ1n) is 13.4. The molecule has 0 spiro atoms. The minimum Gasteiger partial charge on any atom is -0.310 e. The average Bonchev–Trinajstić information content (AvgIpc) is 3.02. The average molecular weight is 498 g/mol. The highest BCUT2D eigenvalue weighted by molar-refractivity contribution is 6.01. The van der Waals surface area contributed by atoms with Gasteiger partial charge in [-0.3, -0.25) is 0 Å². The number of hydrogen-bond acceptors (Lipinski definition) is 1. The van der Waals surface area contributed by atoms with Gasteiger partial charge < -0.3 is 4.90 Å². The second-order valence-corrected chi connectivity index (χ2v) is 9.83. The zero-order valence-electron chi connectivity index (χ0n) is 21.5. The van der Waals surface area contributed by atoms with Crippen molar-refractivity contribution in [3.05, 3.63) is 164 Å². The van der Waals surface area contributed by atoms with Gasteiger partial charge in [-0.25, -0.2) is 0 Å². The fourth-order valence-electron chi connectivity index (χ4n) is 5.58. The summed E-state index contributed by atoms with van der Waals surface area (Å²) in [5.41, 5.74) is 8.27. The van der Waals surface area contributed by atoms with Crippen LogP contribution in [0.15, 0.2) is 164 Å². The fraction of sp³-hybridized carbons (Fsp3) is 0. The predicted molar refractivity (Wildman–Crippen MR) is 167 cm³/mol. The van der Waals surface area contributed by atoms with Crippen LogP contribution in [0.5, 0.6) is 0 Å². The minimum absolute atomic E-state index is 1.13. The van der Waals surface area contributed by atoms with E-state index in [1.54, 1.807) is 0 Å². The van der Waals surface area contributed by atoms with Gasteiger partial charge >= 0.3 is 0 Å².